The summed E-state index contributed by atoms with van der Waals surface area (Å²) in [7, 11) is 1.68. The van der Waals surface area contributed by atoms with Gasteiger partial charge in [0.1, 0.15) is 17.0 Å². The third-order valence-corrected chi connectivity index (χ3v) is 4.49. The lowest BCUT2D eigenvalue weighted by Gasteiger charge is -2.17. The summed E-state index contributed by atoms with van der Waals surface area (Å²) >= 11 is 0. The second kappa shape index (κ2) is 6.02. The van der Waals surface area contributed by atoms with E-state index in [1.807, 2.05) is 13.8 Å². The Morgan fingerprint density at radius 2 is 2.09 bits per heavy atom. The van der Waals surface area contributed by atoms with Crippen LogP contribution in [0, 0.1) is 13.8 Å². The van der Waals surface area contributed by atoms with Crippen molar-refractivity contribution in [2.75, 3.05) is 7.05 Å². The summed E-state index contributed by atoms with van der Waals surface area (Å²) in [6, 6.07) is 1.64. The lowest BCUT2D eigenvalue weighted by molar-refractivity contribution is 0.0780. The van der Waals surface area contributed by atoms with E-state index in [1.54, 1.807) is 13.1 Å². The summed E-state index contributed by atoms with van der Waals surface area (Å²) in [5.41, 5.74) is 3.40. The van der Waals surface area contributed by atoms with Gasteiger partial charge < -0.3 is 14.4 Å². The van der Waals surface area contributed by atoms with E-state index in [9.17, 15) is 9.59 Å². The molecular weight excluding hydrogens is 294 g/mol. The molecule has 0 atom stereocenters. The smallest absolute Gasteiger partial charge is 0.261 e. The van der Waals surface area contributed by atoms with Crippen LogP contribution in [0.5, 0.6) is 0 Å². The molecule has 0 saturated heterocycles. The van der Waals surface area contributed by atoms with Crippen LogP contribution < -0.4 is 5.56 Å². The maximum absolute atomic E-state index is 12.6. The number of aryl methyl sites for hydroxylation is 3. The number of hydrogen-bond acceptors (Lipinski definition) is 4. The number of amides is 1. The Morgan fingerprint density at radius 1 is 1.35 bits per heavy atom. The fraction of sp³-hybridized carbons (Fsp3) is 0.471. The highest BCUT2D eigenvalue weighted by Gasteiger charge is 2.23. The van der Waals surface area contributed by atoms with Crippen LogP contribution in [0.15, 0.2) is 15.4 Å². The number of aromatic nitrogens is 2. The van der Waals surface area contributed by atoms with Gasteiger partial charge in [-0.25, -0.2) is 0 Å². The Morgan fingerprint density at radius 3 is 2.87 bits per heavy atom. The summed E-state index contributed by atoms with van der Waals surface area (Å²) in [4.78, 5) is 28.8. The first-order chi connectivity index (χ1) is 11.0. The lowest BCUT2D eigenvalue weighted by Crippen LogP contribution is -2.32. The zero-order chi connectivity index (χ0) is 16.6. The van der Waals surface area contributed by atoms with Crippen molar-refractivity contribution in [1.29, 1.82) is 0 Å². The van der Waals surface area contributed by atoms with Crippen molar-refractivity contribution in [3.05, 3.63) is 50.3 Å². The number of nitrogens with one attached hydrogen (secondary N) is 1. The van der Waals surface area contributed by atoms with E-state index in [0.29, 0.717) is 6.54 Å². The largest absolute Gasteiger partial charge is 0.361 e. The Hall–Kier alpha value is -2.37. The highest BCUT2D eigenvalue weighted by molar-refractivity contribution is 5.93. The fourth-order valence-electron chi connectivity index (χ4n) is 2.96. The van der Waals surface area contributed by atoms with Crippen molar-refractivity contribution < 1.29 is 9.32 Å². The molecule has 6 nitrogen and oxygen atoms in total. The number of aromatic amines is 1. The van der Waals surface area contributed by atoms with Gasteiger partial charge in [0.2, 0.25) is 0 Å². The molecule has 0 fully saturated rings. The topological polar surface area (TPSA) is 79.2 Å². The van der Waals surface area contributed by atoms with Gasteiger partial charge in [0.15, 0.2) is 0 Å². The van der Waals surface area contributed by atoms with Crippen molar-refractivity contribution in [3.63, 3.8) is 0 Å². The molecule has 122 valence electrons. The van der Waals surface area contributed by atoms with Gasteiger partial charge in [-0.15, -0.1) is 0 Å². The number of H-pyrrole nitrogens is 1. The maximum Gasteiger partial charge on any atom is 0.261 e. The number of carbonyl (C=O) groups excluding carboxylic acids is 1. The number of carbonyl (C=O) groups is 1. The van der Waals surface area contributed by atoms with Gasteiger partial charge in [-0.2, -0.15) is 0 Å². The van der Waals surface area contributed by atoms with Crippen LogP contribution in [0.25, 0.3) is 0 Å². The first kappa shape index (κ1) is 15.5. The highest BCUT2D eigenvalue weighted by atomic mass is 16.5. The third-order valence-electron chi connectivity index (χ3n) is 4.49. The molecular formula is C17H21N3O3. The first-order valence-electron chi connectivity index (χ1n) is 7.89. The van der Waals surface area contributed by atoms with Crippen LogP contribution in [-0.2, 0) is 19.4 Å². The second-order valence-corrected chi connectivity index (χ2v) is 6.22. The molecule has 1 aliphatic carbocycles. The number of fused-ring (bicyclic) bond motifs is 1. The lowest BCUT2D eigenvalue weighted by atomic mass is 9.96. The molecule has 0 radical (unpaired) electrons. The van der Waals surface area contributed by atoms with E-state index in [-0.39, 0.29) is 17.0 Å². The number of nitrogens with zero attached hydrogens (tertiary/aromatic N) is 2. The number of hydrogen-bond donors (Lipinski definition) is 1. The van der Waals surface area contributed by atoms with E-state index in [0.717, 1.165) is 54.0 Å². The van der Waals surface area contributed by atoms with Crippen molar-refractivity contribution in [2.45, 2.75) is 46.1 Å². The van der Waals surface area contributed by atoms with Crippen LogP contribution in [-0.4, -0.2) is 28.0 Å². The Labute approximate surface area is 134 Å². The molecule has 2 aromatic rings. The van der Waals surface area contributed by atoms with E-state index in [2.05, 4.69) is 10.1 Å². The number of pyridine rings is 1. The molecule has 0 spiro atoms. The summed E-state index contributed by atoms with van der Waals surface area (Å²) in [6.07, 6.45) is 4.10. The van der Waals surface area contributed by atoms with Crippen LogP contribution in [0.2, 0.25) is 0 Å². The molecule has 0 bridgehead atoms. The minimum absolute atomic E-state index is 0.160. The van der Waals surface area contributed by atoms with E-state index < -0.39 is 0 Å². The van der Waals surface area contributed by atoms with E-state index in [1.165, 1.54) is 4.90 Å². The molecule has 1 N–H and O–H groups in total. The molecule has 0 saturated carbocycles. The molecule has 0 aliphatic heterocycles. The molecule has 2 heterocycles. The molecule has 1 aliphatic rings. The quantitative estimate of drug-likeness (QED) is 0.941. The predicted molar refractivity (Wildman–Crippen MR) is 85.5 cm³/mol. The average Bonchev–Trinajstić information content (AvgIpc) is 2.93. The summed E-state index contributed by atoms with van der Waals surface area (Å²) < 4.78 is 5.38. The zero-order valence-corrected chi connectivity index (χ0v) is 13.7. The van der Waals surface area contributed by atoms with Crippen molar-refractivity contribution in [1.82, 2.24) is 15.0 Å². The van der Waals surface area contributed by atoms with Gasteiger partial charge in [0.05, 0.1) is 6.54 Å². The molecule has 1 amide bonds. The minimum atomic E-state index is -0.355. The van der Waals surface area contributed by atoms with Gasteiger partial charge in [-0.1, -0.05) is 5.16 Å². The van der Waals surface area contributed by atoms with Crippen LogP contribution in [0.1, 0.15) is 51.5 Å². The zero-order valence-electron chi connectivity index (χ0n) is 13.7. The second-order valence-electron chi connectivity index (χ2n) is 6.22. The predicted octanol–water partition coefficient (Wildman–Crippen LogP) is 2.13. The SMILES string of the molecule is Cc1cc(C(=O)N(C)Cc2noc3c2CCCC3)c(=O)[nH]c1C. The van der Waals surface area contributed by atoms with Crippen molar-refractivity contribution >= 4 is 5.91 Å². The molecule has 2 aromatic heterocycles. The maximum atomic E-state index is 12.6. The van der Waals surface area contributed by atoms with Crippen LogP contribution >= 0.6 is 0 Å². The molecule has 23 heavy (non-hydrogen) atoms. The standard InChI is InChI=1S/C17H21N3O3/c1-10-8-13(16(21)18-11(10)2)17(22)20(3)9-14-12-6-4-5-7-15(12)23-19-14/h8H,4-7,9H2,1-3H3,(H,18,21). The normalized spacial score (nSPS) is 13.7. The van der Waals surface area contributed by atoms with Crippen molar-refractivity contribution in [2.24, 2.45) is 0 Å². The van der Waals surface area contributed by atoms with Gasteiger partial charge in [0, 0.05) is 24.7 Å². The van der Waals surface area contributed by atoms with Gasteiger partial charge in [-0.05, 0) is 44.7 Å². The van der Waals surface area contributed by atoms with Gasteiger partial charge in [0.25, 0.3) is 11.5 Å². The highest BCUT2D eigenvalue weighted by Crippen LogP contribution is 2.25. The summed E-state index contributed by atoms with van der Waals surface area (Å²) in [5, 5.41) is 4.11. The van der Waals surface area contributed by atoms with Crippen LogP contribution in [0.4, 0.5) is 0 Å². The van der Waals surface area contributed by atoms with Gasteiger partial charge >= 0.3 is 0 Å². The minimum Gasteiger partial charge on any atom is -0.361 e. The molecule has 0 aromatic carbocycles. The van der Waals surface area contributed by atoms with E-state index >= 15 is 0 Å². The Balaban J connectivity index is 1.82. The monoisotopic (exact) mass is 315 g/mol. The number of rotatable bonds is 3. The van der Waals surface area contributed by atoms with Crippen molar-refractivity contribution in [3.8, 4) is 0 Å². The molecule has 0 unspecified atom stereocenters. The van der Waals surface area contributed by atoms with Gasteiger partial charge in [-0.3, -0.25) is 9.59 Å². The Kier molecular flexibility index (Phi) is 4.07. The van der Waals surface area contributed by atoms with E-state index in [4.69, 9.17) is 4.52 Å². The summed E-state index contributed by atoms with van der Waals surface area (Å²) in [5.74, 6) is 0.637. The molecule has 6 heteroatoms. The first-order valence-corrected chi connectivity index (χ1v) is 7.89. The average molecular weight is 315 g/mol. The Bertz CT molecular complexity index is 804. The van der Waals surface area contributed by atoms with Crippen LogP contribution in [0.3, 0.4) is 0 Å². The fourth-order valence-corrected chi connectivity index (χ4v) is 2.96. The third kappa shape index (κ3) is 2.93. The summed E-state index contributed by atoms with van der Waals surface area (Å²) in [6.45, 7) is 4.04. The molecule has 3 rings (SSSR count).